The normalized spacial score (nSPS) is 10.2. The number of rotatable bonds is 4. The second-order valence-electron chi connectivity index (χ2n) is 3.87. The van der Waals surface area contributed by atoms with Crippen molar-refractivity contribution in [2.45, 2.75) is 6.61 Å². The summed E-state index contributed by atoms with van der Waals surface area (Å²) in [5.41, 5.74) is 0.361. The molecule has 0 fully saturated rings. The molecule has 0 heterocycles. The van der Waals surface area contributed by atoms with Crippen molar-refractivity contribution in [1.82, 2.24) is 0 Å². The first kappa shape index (κ1) is 12.9. The molecule has 2 rings (SSSR count). The highest BCUT2D eigenvalue weighted by Crippen LogP contribution is 2.22. The number of benzene rings is 2. The average Bonchev–Trinajstić information content (AvgIpc) is 2.39. The van der Waals surface area contributed by atoms with Gasteiger partial charge in [0.1, 0.15) is 12.4 Å². The Labute approximate surface area is 108 Å². The molecule has 0 bridgehead atoms. The van der Waals surface area contributed by atoms with Crippen LogP contribution in [0.4, 0.5) is 4.39 Å². The largest absolute Gasteiger partial charge is 0.508 e. The van der Waals surface area contributed by atoms with Crippen LogP contribution in [0, 0.1) is 5.82 Å². The van der Waals surface area contributed by atoms with Gasteiger partial charge < -0.3 is 14.9 Å². The number of hydrogen-bond acceptors (Lipinski definition) is 3. The number of carboxylic acid groups (broad SMARTS) is 1. The van der Waals surface area contributed by atoms with E-state index in [0.29, 0.717) is 5.56 Å². The number of hydrogen-bond donors (Lipinski definition) is 2. The lowest BCUT2D eigenvalue weighted by Crippen LogP contribution is -2.00. The van der Waals surface area contributed by atoms with E-state index >= 15 is 0 Å². The molecule has 0 aliphatic carbocycles. The minimum absolute atomic E-state index is 0.0212. The molecule has 0 aliphatic heterocycles. The van der Waals surface area contributed by atoms with Crippen LogP contribution in [-0.4, -0.2) is 16.2 Å². The van der Waals surface area contributed by atoms with Crippen molar-refractivity contribution in [3.05, 3.63) is 59.4 Å². The van der Waals surface area contributed by atoms with Crippen LogP contribution in [0.1, 0.15) is 15.9 Å². The van der Waals surface area contributed by atoms with Crippen LogP contribution in [0.15, 0.2) is 42.5 Å². The van der Waals surface area contributed by atoms with E-state index in [0.717, 1.165) is 6.07 Å². The van der Waals surface area contributed by atoms with Crippen LogP contribution in [0.2, 0.25) is 0 Å². The monoisotopic (exact) mass is 262 g/mol. The molecule has 0 aromatic heterocycles. The smallest absolute Gasteiger partial charge is 0.335 e. The van der Waals surface area contributed by atoms with Gasteiger partial charge in [0, 0.05) is 5.56 Å². The third kappa shape index (κ3) is 3.01. The Morgan fingerprint density at radius 3 is 2.58 bits per heavy atom. The summed E-state index contributed by atoms with van der Waals surface area (Å²) in [6.07, 6.45) is 0. The predicted molar refractivity (Wildman–Crippen MR) is 65.8 cm³/mol. The van der Waals surface area contributed by atoms with Crippen molar-refractivity contribution in [2.75, 3.05) is 0 Å². The van der Waals surface area contributed by atoms with E-state index in [1.807, 2.05) is 0 Å². The van der Waals surface area contributed by atoms with Crippen LogP contribution < -0.4 is 4.74 Å². The molecule has 0 saturated carbocycles. The first-order chi connectivity index (χ1) is 9.08. The third-order valence-electron chi connectivity index (χ3n) is 2.55. The zero-order valence-electron chi connectivity index (χ0n) is 9.84. The van der Waals surface area contributed by atoms with Gasteiger partial charge in [-0.25, -0.2) is 9.18 Å². The summed E-state index contributed by atoms with van der Waals surface area (Å²) in [5, 5.41) is 18.4. The summed E-state index contributed by atoms with van der Waals surface area (Å²) in [6, 6.07) is 9.82. The number of ether oxygens (including phenoxy) is 1. The van der Waals surface area contributed by atoms with E-state index < -0.39 is 11.8 Å². The summed E-state index contributed by atoms with van der Waals surface area (Å²) in [5.74, 6) is -1.75. The van der Waals surface area contributed by atoms with Gasteiger partial charge in [-0.15, -0.1) is 0 Å². The zero-order chi connectivity index (χ0) is 13.8. The average molecular weight is 262 g/mol. The quantitative estimate of drug-likeness (QED) is 0.889. The van der Waals surface area contributed by atoms with Crippen molar-refractivity contribution < 1.29 is 24.1 Å². The van der Waals surface area contributed by atoms with Gasteiger partial charge in [-0.1, -0.05) is 18.2 Å². The SMILES string of the molecule is O=C(O)c1ccc(COc2ccccc2F)c(O)c1. The van der Waals surface area contributed by atoms with E-state index in [2.05, 4.69) is 0 Å². The molecule has 2 aromatic rings. The van der Waals surface area contributed by atoms with Crippen molar-refractivity contribution in [2.24, 2.45) is 0 Å². The standard InChI is InChI=1S/C14H11FO4/c15-11-3-1-2-4-13(11)19-8-10-6-5-9(14(17)18)7-12(10)16/h1-7,16H,8H2,(H,17,18). The van der Waals surface area contributed by atoms with E-state index in [4.69, 9.17) is 9.84 Å². The predicted octanol–water partition coefficient (Wildman–Crippen LogP) is 2.81. The van der Waals surface area contributed by atoms with Gasteiger partial charge >= 0.3 is 5.97 Å². The molecule has 0 aliphatic rings. The lowest BCUT2D eigenvalue weighted by molar-refractivity contribution is 0.0696. The van der Waals surface area contributed by atoms with E-state index in [9.17, 15) is 14.3 Å². The molecular formula is C14H11FO4. The minimum Gasteiger partial charge on any atom is -0.508 e. The maximum atomic E-state index is 13.3. The third-order valence-corrected chi connectivity index (χ3v) is 2.55. The molecule has 0 spiro atoms. The number of halogens is 1. The summed E-state index contributed by atoms with van der Waals surface area (Å²) in [6.45, 7) is -0.0489. The summed E-state index contributed by atoms with van der Waals surface area (Å²) >= 11 is 0. The van der Waals surface area contributed by atoms with Gasteiger partial charge in [0.25, 0.3) is 0 Å². The van der Waals surface area contributed by atoms with Gasteiger partial charge in [0.15, 0.2) is 11.6 Å². The molecule has 0 saturated heterocycles. The Kier molecular flexibility index (Phi) is 3.66. The highest BCUT2D eigenvalue weighted by molar-refractivity contribution is 5.88. The molecule has 2 N–H and O–H groups in total. The van der Waals surface area contributed by atoms with Crippen LogP contribution >= 0.6 is 0 Å². The second kappa shape index (κ2) is 5.39. The number of phenolic OH excluding ortho intramolecular Hbond substituents is 1. The van der Waals surface area contributed by atoms with E-state index in [1.54, 1.807) is 12.1 Å². The van der Waals surface area contributed by atoms with Crippen molar-refractivity contribution in [3.63, 3.8) is 0 Å². The lowest BCUT2D eigenvalue weighted by Gasteiger charge is -2.09. The summed E-state index contributed by atoms with van der Waals surface area (Å²) in [4.78, 5) is 10.7. The fraction of sp³-hybridized carbons (Fsp3) is 0.0714. The Hall–Kier alpha value is -2.56. The first-order valence-electron chi connectivity index (χ1n) is 5.50. The zero-order valence-corrected chi connectivity index (χ0v) is 9.84. The lowest BCUT2D eigenvalue weighted by atomic mass is 10.1. The molecule has 0 unspecified atom stereocenters. The molecule has 19 heavy (non-hydrogen) atoms. The van der Waals surface area contributed by atoms with Crippen molar-refractivity contribution in [3.8, 4) is 11.5 Å². The van der Waals surface area contributed by atoms with E-state index in [1.165, 1.54) is 24.3 Å². The number of para-hydroxylation sites is 1. The van der Waals surface area contributed by atoms with Crippen LogP contribution in [0.3, 0.4) is 0 Å². The Morgan fingerprint density at radius 2 is 1.95 bits per heavy atom. The molecule has 2 aromatic carbocycles. The minimum atomic E-state index is -1.13. The van der Waals surface area contributed by atoms with Gasteiger partial charge in [0.2, 0.25) is 0 Å². The Balaban J connectivity index is 2.12. The summed E-state index contributed by atoms with van der Waals surface area (Å²) < 4.78 is 18.5. The fourth-order valence-corrected chi connectivity index (χ4v) is 1.54. The topological polar surface area (TPSA) is 66.8 Å². The fourth-order valence-electron chi connectivity index (χ4n) is 1.54. The number of phenols is 1. The maximum Gasteiger partial charge on any atom is 0.335 e. The van der Waals surface area contributed by atoms with Gasteiger partial charge in [0.05, 0.1) is 5.56 Å². The van der Waals surface area contributed by atoms with Crippen LogP contribution in [0.5, 0.6) is 11.5 Å². The number of aromatic hydroxyl groups is 1. The molecule has 0 radical (unpaired) electrons. The molecule has 0 atom stereocenters. The summed E-state index contributed by atoms with van der Waals surface area (Å²) in [7, 11) is 0. The van der Waals surface area contributed by atoms with E-state index in [-0.39, 0.29) is 23.7 Å². The number of carboxylic acids is 1. The van der Waals surface area contributed by atoms with Gasteiger partial charge in [-0.2, -0.15) is 0 Å². The maximum absolute atomic E-state index is 13.3. The Morgan fingerprint density at radius 1 is 1.21 bits per heavy atom. The molecule has 98 valence electrons. The second-order valence-corrected chi connectivity index (χ2v) is 3.87. The number of carbonyl (C=O) groups is 1. The highest BCUT2D eigenvalue weighted by atomic mass is 19.1. The Bertz CT molecular complexity index is 610. The van der Waals surface area contributed by atoms with Crippen LogP contribution in [0.25, 0.3) is 0 Å². The highest BCUT2D eigenvalue weighted by Gasteiger charge is 2.09. The molecular weight excluding hydrogens is 251 g/mol. The van der Waals surface area contributed by atoms with Crippen LogP contribution in [-0.2, 0) is 6.61 Å². The van der Waals surface area contributed by atoms with Crippen molar-refractivity contribution in [1.29, 1.82) is 0 Å². The van der Waals surface area contributed by atoms with Gasteiger partial charge in [-0.3, -0.25) is 0 Å². The molecule has 0 amide bonds. The molecule has 4 nitrogen and oxygen atoms in total. The van der Waals surface area contributed by atoms with Gasteiger partial charge in [-0.05, 0) is 24.3 Å². The van der Waals surface area contributed by atoms with Crippen molar-refractivity contribution >= 4 is 5.97 Å². The first-order valence-corrected chi connectivity index (χ1v) is 5.50. The number of aromatic carboxylic acids is 1. The molecule has 5 heteroatoms.